The van der Waals surface area contributed by atoms with Gasteiger partial charge in [0.25, 0.3) is 0 Å². The third kappa shape index (κ3) is 2.04. The Balaban J connectivity index is 2.66. The monoisotopic (exact) mass is 234 g/mol. The number of halogens is 1. The van der Waals surface area contributed by atoms with Gasteiger partial charge < -0.3 is 4.57 Å². The van der Waals surface area contributed by atoms with E-state index in [-0.39, 0.29) is 0 Å². The van der Waals surface area contributed by atoms with E-state index in [1.807, 2.05) is 0 Å². The Bertz CT molecular complexity index is 658. The summed E-state index contributed by atoms with van der Waals surface area (Å²) in [7, 11) is 0. The molecule has 0 N–H and O–H groups in total. The smallest absolute Gasteiger partial charge is 0.310 e. The standard InChI is InChI=1S/C12H11FN2O2/c1-2-14-6-7-15(12(17)11(14)16)10-5-3-4-9(13)8-10/h3-8H,2H2,1H3. The minimum absolute atomic E-state index is 0.343. The molecule has 0 radical (unpaired) electrons. The van der Waals surface area contributed by atoms with Crippen LogP contribution in [0.4, 0.5) is 4.39 Å². The van der Waals surface area contributed by atoms with Crippen molar-refractivity contribution in [3.63, 3.8) is 0 Å². The predicted octanol–water partition coefficient (Wildman–Crippen LogP) is 1.16. The van der Waals surface area contributed by atoms with E-state index in [4.69, 9.17) is 0 Å². The molecule has 0 spiro atoms. The Labute approximate surface area is 96.6 Å². The lowest BCUT2D eigenvalue weighted by Crippen LogP contribution is -2.39. The lowest BCUT2D eigenvalue weighted by molar-refractivity contribution is 0.625. The molecule has 2 rings (SSSR count). The third-order valence-corrected chi connectivity index (χ3v) is 2.49. The van der Waals surface area contributed by atoms with Crippen molar-refractivity contribution in [3.05, 3.63) is 63.2 Å². The van der Waals surface area contributed by atoms with Gasteiger partial charge in [0, 0.05) is 18.9 Å². The molecule has 0 amide bonds. The van der Waals surface area contributed by atoms with Crippen LogP contribution in [0.25, 0.3) is 5.69 Å². The highest BCUT2D eigenvalue weighted by atomic mass is 19.1. The van der Waals surface area contributed by atoms with Crippen molar-refractivity contribution in [2.24, 2.45) is 0 Å². The summed E-state index contributed by atoms with van der Waals surface area (Å²) in [6.45, 7) is 2.20. The SMILES string of the molecule is CCn1ccn(-c2cccc(F)c2)c(=O)c1=O. The van der Waals surface area contributed by atoms with Gasteiger partial charge in [-0.1, -0.05) is 6.07 Å². The second-order valence-electron chi connectivity index (χ2n) is 3.54. The fraction of sp³-hybridized carbons (Fsp3) is 0.167. The summed E-state index contributed by atoms with van der Waals surface area (Å²) in [5.41, 5.74) is -0.949. The molecule has 0 bridgehead atoms. The van der Waals surface area contributed by atoms with Crippen molar-refractivity contribution in [3.8, 4) is 5.69 Å². The maximum absolute atomic E-state index is 13.0. The van der Waals surface area contributed by atoms with E-state index >= 15 is 0 Å². The summed E-state index contributed by atoms with van der Waals surface area (Å²) < 4.78 is 15.5. The van der Waals surface area contributed by atoms with E-state index in [1.54, 1.807) is 13.0 Å². The first kappa shape index (κ1) is 11.3. The van der Waals surface area contributed by atoms with Crippen molar-refractivity contribution in [1.82, 2.24) is 9.13 Å². The molecule has 1 heterocycles. The second-order valence-corrected chi connectivity index (χ2v) is 3.54. The van der Waals surface area contributed by atoms with E-state index in [0.29, 0.717) is 12.2 Å². The molecule has 0 aliphatic rings. The van der Waals surface area contributed by atoms with Crippen LogP contribution in [-0.2, 0) is 6.54 Å². The maximum atomic E-state index is 13.0. The average Bonchev–Trinajstić information content (AvgIpc) is 2.32. The fourth-order valence-electron chi connectivity index (χ4n) is 1.59. The van der Waals surface area contributed by atoms with Crippen molar-refractivity contribution in [2.45, 2.75) is 13.5 Å². The van der Waals surface area contributed by atoms with Crippen molar-refractivity contribution in [2.75, 3.05) is 0 Å². The van der Waals surface area contributed by atoms with Crippen LogP contribution in [0, 0.1) is 5.82 Å². The van der Waals surface area contributed by atoms with Gasteiger partial charge in [-0.15, -0.1) is 0 Å². The quantitative estimate of drug-likeness (QED) is 0.732. The number of aromatic nitrogens is 2. The Morgan fingerprint density at radius 2 is 1.94 bits per heavy atom. The van der Waals surface area contributed by atoms with E-state index in [0.717, 1.165) is 4.57 Å². The topological polar surface area (TPSA) is 44.0 Å². The molecule has 2 aromatic rings. The number of rotatable bonds is 2. The minimum atomic E-state index is -0.681. The zero-order valence-electron chi connectivity index (χ0n) is 9.26. The molecule has 0 atom stereocenters. The van der Waals surface area contributed by atoms with Crippen LogP contribution in [0.15, 0.2) is 46.2 Å². The highest BCUT2D eigenvalue weighted by molar-refractivity contribution is 5.31. The first-order chi connectivity index (χ1) is 8.13. The van der Waals surface area contributed by atoms with Gasteiger partial charge in [-0.2, -0.15) is 0 Å². The molecule has 17 heavy (non-hydrogen) atoms. The van der Waals surface area contributed by atoms with Crippen LogP contribution in [0.2, 0.25) is 0 Å². The number of hydrogen-bond donors (Lipinski definition) is 0. The normalized spacial score (nSPS) is 10.5. The zero-order valence-corrected chi connectivity index (χ0v) is 9.26. The zero-order chi connectivity index (χ0) is 12.4. The molecule has 4 nitrogen and oxygen atoms in total. The molecule has 0 aliphatic carbocycles. The average molecular weight is 234 g/mol. The number of aryl methyl sites for hydroxylation is 1. The van der Waals surface area contributed by atoms with E-state index in [9.17, 15) is 14.0 Å². The molecule has 0 unspecified atom stereocenters. The van der Waals surface area contributed by atoms with Crippen molar-refractivity contribution in [1.29, 1.82) is 0 Å². The molecular weight excluding hydrogens is 223 g/mol. The minimum Gasteiger partial charge on any atom is -0.310 e. The summed E-state index contributed by atoms with van der Waals surface area (Å²) in [6.07, 6.45) is 2.97. The summed E-state index contributed by atoms with van der Waals surface area (Å²) in [4.78, 5) is 23.4. The van der Waals surface area contributed by atoms with Crippen LogP contribution < -0.4 is 11.1 Å². The molecule has 0 saturated carbocycles. The van der Waals surface area contributed by atoms with Crippen LogP contribution in [0.5, 0.6) is 0 Å². The van der Waals surface area contributed by atoms with Gasteiger partial charge in [0.05, 0.1) is 5.69 Å². The molecule has 1 aromatic heterocycles. The van der Waals surface area contributed by atoms with E-state index in [1.165, 1.54) is 35.2 Å². The Kier molecular flexibility index (Phi) is 2.91. The fourth-order valence-corrected chi connectivity index (χ4v) is 1.59. The van der Waals surface area contributed by atoms with Gasteiger partial charge in [0.15, 0.2) is 0 Å². The number of benzene rings is 1. The lowest BCUT2D eigenvalue weighted by Gasteiger charge is -2.07. The summed E-state index contributed by atoms with van der Waals surface area (Å²) in [5.74, 6) is -0.450. The van der Waals surface area contributed by atoms with Crippen molar-refractivity contribution >= 4 is 0 Å². The van der Waals surface area contributed by atoms with Gasteiger partial charge >= 0.3 is 11.1 Å². The van der Waals surface area contributed by atoms with Gasteiger partial charge in [-0.3, -0.25) is 14.2 Å². The molecular formula is C12H11FN2O2. The third-order valence-electron chi connectivity index (χ3n) is 2.49. The molecule has 0 saturated heterocycles. The van der Waals surface area contributed by atoms with Crippen molar-refractivity contribution < 1.29 is 4.39 Å². The van der Waals surface area contributed by atoms with Gasteiger partial charge in [-0.05, 0) is 25.1 Å². The highest BCUT2D eigenvalue weighted by Crippen LogP contribution is 2.06. The van der Waals surface area contributed by atoms with Gasteiger partial charge in [0.2, 0.25) is 0 Å². The highest BCUT2D eigenvalue weighted by Gasteiger charge is 2.05. The van der Waals surface area contributed by atoms with E-state index < -0.39 is 16.9 Å². The summed E-state index contributed by atoms with van der Waals surface area (Å²) in [5, 5.41) is 0. The first-order valence-electron chi connectivity index (χ1n) is 5.21. The lowest BCUT2D eigenvalue weighted by atomic mass is 10.3. The number of nitrogens with zero attached hydrogens (tertiary/aromatic N) is 2. The van der Waals surface area contributed by atoms with Crippen LogP contribution in [0.1, 0.15) is 6.92 Å². The van der Waals surface area contributed by atoms with Crippen LogP contribution in [0.3, 0.4) is 0 Å². The van der Waals surface area contributed by atoms with E-state index in [2.05, 4.69) is 0 Å². The predicted molar refractivity (Wildman–Crippen MR) is 61.9 cm³/mol. The van der Waals surface area contributed by atoms with Gasteiger partial charge in [0.1, 0.15) is 5.82 Å². The van der Waals surface area contributed by atoms with Gasteiger partial charge in [-0.25, -0.2) is 4.39 Å². The molecule has 88 valence electrons. The largest absolute Gasteiger partial charge is 0.320 e. The Morgan fingerprint density at radius 3 is 2.59 bits per heavy atom. The number of hydrogen-bond acceptors (Lipinski definition) is 2. The van der Waals surface area contributed by atoms with Crippen LogP contribution in [-0.4, -0.2) is 9.13 Å². The first-order valence-corrected chi connectivity index (χ1v) is 5.21. The molecule has 5 heteroatoms. The Hall–Kier alpha value is -2.17. The maximum Gasteiger partial charge on any atom is 0.320 e. The summed E-state index contributed by atoms with van der Waals surface area (Å²) >= 11 is 0. The molecule has 1 aromatic carbocycles. The second kappa shape index (κ2) is 4.37. The summed E-state index contributed by atoms with van der Waals surface area (Å²) in [6, 6.07) is 5.54. The molecule has 0 fully saturated rings. The van der Waals surface area contributed by atoms with Crippen LogP contribution >= 0.6 is 0 Å². The molecule has 0 aliphatic heterocycles. The Morgan fingerprint density at radius 1 is 1.18 bits per heavy atom.